The zero-order valence-corrected chi connectivity index (χ0v) is 14.6. The van der Waals surface area contributed by atoms with Crippen LogP contribution in [0.4, 0.5) is 0 Å². The number of hydrogen-bond donors (Lipinski definition) is 1. The highest BCUT2D eigenvalue weighted by Crippen LogP contribution is 2.28. The van der Waals surface area contributed by atoms with Crippen LogP contribution in [0.3, 0.4) is 0 Å². The molecule has 132 valence electrons. The minimum atomic E-state index is 0.131. The highest BCUT2D eigenvalue weighted by Gasteiger charge is 2.31. The van der Waals surface area contributed by atoms with E-state index in [-0.39, 0.29) is 11.8 Å². The van der Waals surface area contributed by atoms with Gasteiger partial charge in [0.15, 0.2) is 0 Å². The number of aromatic nitrogens is 2. The standard InChI is InChI=1S/C19H24N4O2/c1-13-20-16-6-5-14(11-17(16)21-13)12-18(24)22-7-9-23(10-8-22)19(25)15-3-2-4-15/h5-6,11,15H,2-4,7-10,12H2,1H3,(H,20,21). The summed E-state index contributed by atoms with van der Waals surface area (Å²) >= 11 is 0. The number of carbonyl (C=O) groups is 2. The Balaban J connectivity index is 1.34. The van der Waals surface area contributed by atoms with Gasteiger partial charge < -0.3 is 14.8 Å². The van der Waals surface area contributed by atoms with Crippen molar-refractivity contribution in [2.75, 3.05) is 26.2 Å². The number of aromatic amines is 1. The van der Waals surface area contributed by atoms with Crippen molar-refractivity contribution in [3.63, 3.8) is 0 Å². The van der Waals surface area contributed by atoms with Crippen LogP contribution >= 0.6 is 0 Å². The van der Waals surface area contributed by atoms with Gasteiger partial charge in [0.25, 0.3) is 0 Å². The maximum atomic E-state index is 12.6. The van der Waals surface area contributed by atoms with E-state index in [9.17, 15) is 9.59 Å². The van der Waals surface area contributed by atoms with Crippen LogP contribution in [0.2, 0.25) is 0 Å². The molecule has 6 nitrogen and oxygen atoms in total. The Morgan fingerprint density at radius 3 is 2.56 bits per heavy atom. The van der Waals surface area contributed by atoms with Gasteiger partial charge in [0.05, 0.1) is 17.5 Å². The van der Waals surface area contributed by atoms with E-state index in [1.165, 1.54) is 6.42 Å². The fourth-order valence-corrected chi connectivity index (χ4v) is 3.67. The lowest BCUT2D eigenvalue weighted by molar-refractivity contribution is -0.143. The fourth-order valence-electron chi connectivity index (χ4n) is 3.67. The Morgan fingerprint density at radius 1 is 1.16 bits per heavy atom. The fraction of sp³-hybridized carbons (Fsp3) is 0.526. The summed E-state index contributed by atoms with van der Waals surface area (Å²) in [7, 11) is 0. The molecule has 4 rings (SSSR count). The number of nitrogens with one attached hydrogen (secondary N) is 1. The summed E-state index contributed by atoms with van der Waals surface area (Å²) < 4.78 is 0. The number of carbonyl (C=O) groups excluding carboxylic acids is 2. The zero-order chi connectivity index (χ0) is 17.4. The molecule has 2 aliphatic rings. The molecule has 25 heavy (non-hydrogen) atoms. The van der Waals surface area contributed by atoms with Crippen molar-refractivity contribution in [3.8, 4) is 0 Å². The summed E-state index contributed by atoms with van der Waals surface area (Å²) in [5, 5.41) is 0. The summed E-state index contributed by atoms with van der Waals surface area (Å²) in [6.07, 6.45) is 3.64. The van der Waals surface area contributed by atoms with Crippen LogP contribution in [0, 0.1) is 12.8 Å². The summed E-state index contributed by atoms with van der Waals surface area (Å²) in [5.74, 6) is 1.54. The molecule has 6 heteroatoms. The number of benzene rings is 1. The highest BCUT2D eigenvalue weighted by atomic mass is 16.2. The topological polar surface area (TPSA) is 69.3 Å². The number of H-pyrrole nitrogens is 1. The van der Waals surface area contributed by atoms with Crippen LogP contribution in [0.5, 0.6) is 0 Å². The van der Waals surface area contributed by atoms with Crippen molar-refractivity contribution < 1.29 is 9.59 Å². The number of piperazine rings is 1. The molecule has 0 spiro atoms. The second-order valence-corrected chi connectivity index (χ2v) is 7.18. The van der Waals surface area contributed by atoms with Crippen molar-refractivity contribution >= 4 is 22.8 Å². The number of nitrogens with zero attached hydrogens (tertiary/aromatic N) is 3. The normalized spacial score (nSPS) is 18.4. The molecule has 0 radical (unpaired) electrons. The van der Waals surface area contributed by atoms with Gasteiger partial charge in [0.2, 0.25) is 11.8 Å². The number of fused-ring (bicyclic) bond motifs is 1. The van der Waals surface area contributed by atoms with Crippen molar-refractivity contribution in [2.45, 2.75) is 32.6 Å². The smallest absolute Gasteiger partial charge is 0.227 e. The number of amides is 2. The molecule has 1 saturated heterocycles. The molecule has 2 fully saturated rings. The first-order valence-corrected chi connectivity index (χ1v) is 9.12. The molecule has 2 aromatic rings. The Hall–Kier alpha value is -2.37. The predicted octanol–water partition coefficient (Wildman–Crippen LogP) is 1.88. The third-order valence-electron chi connectivity index (χ3n) is 5.42. The molecule has 1 aliphatic heterocycles. The Morgan fingerprint density at radius 2 is 1.88 bits per heavy atom. The molecule has 1 N–H and O–H groups in total. The van der Waals surface area contributed by atoms with E-state index in [1.807, 2.05) is 34.9 Å². The lowest BCUT2D eigenvalue weighted by atomic mass is 9.84. The molecule has 1 aliphatic carbocycles. The largest absolute Gasteiger partial charge is 0.342 e. The van der Waals surface area contributed by atoms with E-state index >= 15 is 0 Å². The van der Waals surface area contributed by atoms with Crippen LogP contribution in [0.15, 0.2) is 18.2 Å². The average molecular weight is 340 g/mol. The molecule has 0 unspecified atom stereocenters. The molecule has 2 amide bonds. The first kappa shape index (κ1) is 16.1. The van der Waals surface area contributed by atoms with E-state index in [0.29, 0.717) is 38.5 Å². The van der Waals surface area contributed by atoms with Crippen LogP contribution in [-0.2, 0) is 16.0 Å². The highest BCUT2D eigenvalue weighted by molar-refractivity contribution is 5.83. The van der Waals surface area contributed by atoms with E-state index in [2.05, 4.69) is 9.97 Å². The Bertz CT molecular complexity index is 801. The third-order valence-corrected chi connectivity index (χ3v) is 5.42. The number of imidazole rings is 1. The maximum Gasteiger partial charge on any atom is 0.227 e. The molecule has 2 heterocycles. The summed E-state index contributed by atoms with van der Waals surface area (Å²) in [6, 6.07) is 5.93. The first-order valence-electron chi connectivity index (χ1n) is 9.12. The Kier molecular flexibility index (Phi) is 4.19. The molecule has 1 saturated carbocycles. The van der Waals surface area contributed by atoms with Gasteiger partial charge >= 0.3 is 0 Å². The summed E-state index contributed by atoms with van der Waals surface area (Å²) in [5.41, 5.74) is 2.89. The SMILES string of the molecule is Cc1nc2ccc(CC(=O)N3CCN(C(=O)C4CCC4)CC3)cc2[nH]1. The molecule has 1 aromatic heterocycles. The molecular formula is C19H24N4O2. The van der Waals surface area contributed by atoms with Crippen LogP contribution in [0.1, 0.15) is 30.7 Å². The van der Waals surface area contributed by atoms with Gasteiger partial charge in [-0.25, -0.2) is 4.98 Å². The van der Waals surface area contributed by atoms with Gasteiger partial charge in [-0.15, -0.1) is 0 Å². The van der Waals surface area contributed by atoms with Gasteiger partial charge in [-0.05, 0) is 37.5 Å². The van der Waals surface area contributed by atoms with Gasteiger partial charge in [-0.2, -0.15) is 0 Å². The molecule has 0 atom stereocenters. The monoisotopic (exact) mass is 340 g/mol. The van der Waals surface area contributed by atoms with Crippen molar-refractivity contribution in [1.82, 2.24) is 19.8 Å². The van der Waals surface area contributed by atoms with Crippen molar-refractivity contribution in [1.29, 1.82) is 0 Å². The average Bonchev–Trinajstić information content (AvgIpc) is 2.92. The van der Waals surface area contributed by atoms with E-state index < -0.39 is 0 Å². The number of aryl methyl sites for hydroxylation is 1. The Labute approximate surface area is 147 Å². The van der Waals surface area contributed by atoms with Gasteiger partial charge in [0.1, 0.15) is 5.82 Å². The maximum absolute atomic E-state index is 12.6. The molecule has 0 bridgehead atoms. The zero-order valence-electron chi connectivity index (χ0n) is 14.6. The van der Waals surface area contributed by atoms with Gasteiger partial charge in [-0.3, -0.25) is 9.59 Å². The second-order valence-electron chi connectivity index (χ2n) is 7.18. The van der Waals surface area contributed by atoms with E-state index in [1.54, 1.807) is 0 Å². The first-order chi connectivity index (χ1) is 12.1. The molecular weight excluding hydrogens is 316 g/mol. The summed E-state index contributed by atoms with van der Waals surface area (Å²) in [6.45, 7) is 4.54. The van der Waals surface area contributed by atoms with Gasteiger partial charge in [0, 0.05) is 32.1 Å². The van der Waals surface area contributed by atoms with E-state index in [4.69, 9.17) is 0 Å². The summed E-state index contributed by atoms with van der Waals surface area (Å²) in [4.78, 5) is 36.3. The predicted molar refractivity (Wildman–Crippen MR) is 95.0 cm³/mol. The van der Waals surface area contributed by atoms with Crippen LogP contribution in [0.25, 0.3) is 11.0 Å². The van der Waals surface area contributed by atoms with Crippen LogP contribution in [-0.4, -0.2) is 57.8 Å². The van der Waals surface area contributed by atoms with Crippen molar-refractivity contribution in [2.24, 2.45) is 5.92 Å². The van der Waals surface area contributed by atoms with Gasteiger partial charge in [-0.1, -0.05) is 12.5 Å². The van der Waals surface area contributed by atoms with E-state index in [0.717, 1.165) is 35.3 Å². The second kappa shape index (κ2) is 6.50. The minimum Gasteiger partial charge on any atom is -0.342 e. The number of hydrogen-bond acceptors (Lipinski definition) is 3. The third kappa shape index (κ3) is 3.25. The number of rotatable bonds is 3. The lowest BCUT2D eigenvalue weighted by Crippen LogP contribution is -2.52. The quantitative estimate of drug-likeness (QED) is 0.927. The lowest BCUT2D eigenvalue weighted by Gasteiger charge is -2.38. The minimum absolute atomic E-state index is 0.131. The molecule has 1 aromatic carbocycles. The van der Waals surface area contributed by atoms with Crippen LogP contribution < -0.4 is 0 Å². The van der Waals surface area contributed by atoms with Crippen molar-refractivity contribution in [3.05, 3.63) is 29.6 Å².